The molecule has 0 unspecified atom stereocenters. The van der Waals surface area contributed by atoms with Gasteiger partial charge >= 0.3 is 5.97 Å². The molecule has 0 radical (unpaired) electrons. The van der Waals surface area contributed by atoms with Crippen LogP contribution in [-0.2, 0) is 10.0 Å². The van der Waals surface area contributed by atoms with E-state index in [2.05, 4.69) is 16.7 Å². The number of carboxylic acids is 1. The molecule has 1 saturated heterocycles. The maximum atomic E-state index is 12.1. The second-order valence-electron chi connectivity index (χ2n) is 5.02. The lowest BCUT2D eigenvalue weighted by molar-refractivity contribution is 0.0702. The van der Waals surface area contributed by atoms with Gasteiger partial charge in [-0.3, -0.25) is 0 Å². The minimum atomic E-state index is -3.59. The van der Waals surface area contributed by atoms with Gasteiger partial charge in [-0.15, -0.1) is 11.3 Å². The molecule has 1 aromatic heterocycles. The highest BCUT2D eigenvalue weighted by atomic mass is 32.2. The Morgan fingerprint density at radius 3 is 2.65 bits per heavy atom. The summed E-state index contributed by atoms with van der Waals surface area (Å²) in [7, 11) is -1.54. The number of nitrogens with zero attached hydrogens (tertiary/aromatic N) is 1. The molecule has 20 heavy (non-hydrogen) atoms. The standard InChI is InChI=1S/C12H18N2O4S2/c1-14-6-4-9(5-7-14)8-13-20(17,18)11-3-2-10(19-11)12(15)16/h2-3,9,13H,4-8H2,1H3,(H,15,16). The first-order valence-corrected chi connectivity index (χ1v) is 8.70. The predicted octanol–water partition coefficient (Wildman–Crippen LogP) is 1.07. The third-order valence-electron chi connectivity index (χ3n) is 3.46. The smallest absolute Gasteiger partial charge is 0.345 e. The summed E-state index contributed by atoms with van der Waals surface area (Å²) in [4.78, 5) is 13.0. The van der Waals surface area contributed by atoms with Crippen molar-refractivity contribution in [2.24, 2.45) is 5.92 Å². The van der Waals surface area contributed by atoms with Gasteiger partial charge in [0.15, 0.2) is 0 Å². The molecule has 2 rings (SSSR count). The molecular formula is C12H18N2O4S2. The van der Waals surface area contributed by atoms with Crippen molar-refractivity contribution in [2.75, 3.05) is 26.7 Å². The molecule has 0 bridgehead atoms. The Morgan fingerprint density at radius 2 is 2.10 bits per heavy atom. The maximum absolute atomic E-state index is 12.1. The number of hydrogen-bond acceptors (Lipinski definition) is 5. The molecule has 1 aromatic rings. The lowest BCUT2D eigenvalue weighted by atomic mass is 9.98. The minimum absolute atomic E-state index is 0.0321. The predicted molar refractivity (Wildman–Crippen MR) is 76.7 cm³/mol. The molecule has 0 aliphatic carbocycles. The summed E-state index contributed by atoms with van der Waals surface area (Å²) in [5.41, 5.74) is 0. The van der Waals surface area contributed by atoms with Gasteiger partial charge in [0.1, 0.15) is 9.09 Å². The first-order valence-electron chi connectivity index (χ1n) is 6.40. The number of thiophene rings is 1. The van der Waals surface area contributed by atoms with Crippen LogP contribution in [-0.4, -0.2) is 51.1 Å². The van der Waals surface area contributed by atoms with Gasteiger partial charge in [0, 0.05) is 6.54 Å². The van der Waals surface area contributed by atoms with Crippen molar-refractivity contribution in [3.8, 4) is 0 Å². The number of nitrogens with one attached hydrogen (secondary N) is 1. The molecular weight excluding hydrogens is 300 g/mol. The fraction of sp³-hybridized carbons (Fsp3) is 0.583. The molecule has 0 atom stereocenters. The monoisotopic (exact) mass is 318 g/mol. The average molecular weight is 318 g/mol. The van der Waals surface area contributed by atoms with E-state index in [1.807, 2.05) is 0 Å². The molecule has 0 saturated carbocycles. The van der Waals surface area contributed by atoms with Crippen molar-refractivity contribution < 1.29 is 18.3 Å². The summed E-state index contributed by atoms with van der Waals surface area (Å²) >= 11 is 0.777. The van der Waals surface area contributed by atoms with Crippen LogP contribution in [0.25, 0.3) is 0 Å². The number of sulfonamides is 1. The molecule has 2 N–H and O–H groups in total. The molecule has 1 aliphatic rings. The van der Waals surface area contributed by atoms with Crippen LogP contribution >= 0.6 is 11.3 Å². The fourth-order valence-electron chi connectivity index (χ4n) is 2.14. The van der Waals surface area contributed by atoms with Gasteiger partial charge in [-0.05, 0) is 51.0 Å². The number of carboxylic acid groups (broad SMARTS) is 1. The van der Waals surface area contributed by atoms with E-state index in [1.54, 1.807) is 0 Å². The first-order chi connectivity index (χ1) is 9.38. The zero-order chi connectivity index (χ0) is 14.8. The highest BCUT2D eigenvalue weighted by Gasteiger charge is 2.22. The van der Waals surface area contributed by atoms with E-state index in [-0.39, 0.29) is 9.09 Å². The molecule has 0 amide bonds. The Labute approximate surface area is 122 Å². The van der Waals surface area contributed by atoms with E-state index in [4.69, 9.17) is 5.11 Å². The van der Waals surface area contributed by atoms with Crippen LogP contribution in [0.5, 0.6) is 0 Å². The maximum Gasteiger partial charge on any atom is 0.345 e. The zero-order valence-electron chi connectivity index (χ0n) is 11.2. The summed E-state index contributed by atoms with van der Waals surface area (Å²) < 4.78 is 26.8. The Balaban J connectivity index is 1.95. The van der Waals surface area contributed by atoms with E-state index >= 15 is 0 Å². The second-order valence-corrected chi connectivity index (χ2v) is 8.10. The van der Waals surface area contributed by atoms with Gasteiger partial charge in [0.2, 0.25) is 10.0 Å². The van der Waals surface area contributed by atoms with Crippen LogP contribution in [0.2, 0.25) is 0 Å². The van der Waals surface area contributed by atoms with Crippen LogP contribution in [0.15, 0.2) is 16.3 Å². The molecule has 112 valence electrons. The fourth-order valence-corrected chi connectivity index (χ4v) is 4.45. The molecule has 1 fully saturated rings. The number of hydrogen-bond donors (Lipinski definition) is 2. The molecule has 0 spiro atoms. The van der Waals surface area contributed by atoms with Crippen LogP contribution in [0.4, 0.5) is 0 Å². The Hall–Kier alpha value is -0.960. The third kappa shape index (κ3) is 3.78. The van der Waals surface area contributed by atoms with Gasteiger partial charge in [-0.1, -0.05) is 0 Å². The summed E-state index contributed by atoms with van der Waals surface area (Å²) in [5, 5.41) is 8.81. The summed E-state index contributed by atoms with van der Waals surface area (Å²) in [5.74, 6) is -0.758. The summed E-state index contributed by atoms with van der Waals surface area (Å²) in [6.45, 7) is 2.37. The number of aromatic carboxylic acids is 1. The number of piperidine rings is 1. The number of likely N-dealkylation sites (tertiary alicyclic amines) is 1. The van der Waals surface area contributed by atoms with E-state index < -0.39 is 16.0 Å². The topological polar surface area (TPSA) is 86.7 Å². The van der Waals surface area contributed by atoms with Gasteiger partial charge in [-0.2, -0.15) is 0 Å². The molecule has 0 aromatic carbocycles. The highest BCUT2D eigenvalue weighted by Crippen LogP contribution is 2.22. The van der Waals surface area contributed by atoms with Crippen LogP contribution in [0, 0.1) is 5.92 Å². The Kier molecular flexibility index (Phi) is 4.79. The SMILES string of the molecule is CN1CCC(CNS(=O)(=O)c2ccc(C(=O)O)s2)CC1. The number of rotatable bonds is 5. The van der Waals surface area contributed by atoms with Crippen molar-refractivity contribution in [3.05, 3.63) is 17.0 Å². The highest BCUT2D eigenvalue weighted by molar-refractivity contribution is 7.91. The van der Waals surface area contributed by atoms with Crippen LogP contribution in [0.3, 0.4) is 0 Å². The van der Waals surface area contributed by atoms with Crippen molar-refractivity contribution in [3.63, 3.8) is 0 Å². The zero-order valence-corrected chi connectivity index (χ0v) is 12.8. The Morgan fingerprint density at radius 1 is 1.45 bits per heavy atom. The van der Waals surface area contributed by atoms with Gasteiger partial charge < -0.3 is 10.0 Å². The molecule has 1 aliphatic heterocycles. The van der Waals surface area contributed by atoms with Crippen LogP contribution in [0.1, 0.15) is 22.5 Å². The van der Waals surface area contributed by atoms with E-state index in [9.17, 15) is 13.2 Å². The lowest BCUT2D eigenvalue weighted by Gasteiger charge is -2.28. The number of carbonyl (C=O) groups is 1. The normalized spacial score (nSPS) is 18.2. The van der Waals surface area contributed by atoms with Crippen LogP contribution < -0.4 is 4.72 Å². The third-order valence-corrected chi connectivity index (χ3v) is 6.45. The minimum Gasteiger partial charge on any atom is -0.477 e. The van der Waals surface area contributed by atoms with E-state index in [0.29, 0.717) is 12.5 Å². The first kappa shape index (κ1) is 15.4. The van der Waals surface area contributed by atoms with Crippen molar-refractivity contribution >= 4 is 27.3 Å². The molecule has 8 heteroatoms. The Bertz CT molecular complexity index is 574. The lowest BCUT2D eigenvalue weighted by Crippen LogP contribution is -2.36. The second kappa shape index (κ2) is 6.21. The average Bonchev–Trinajstić information content (AvgIpc) is 2.89. The molecule has 2 heterocycles. The van der Waals surface area contributed by atoms with Crippen molar-refractivity contribution in [1.82, 2.24) is 9.62 Å². The largest absolute Gasteiger partial charge is 0.477 e. The quantitative estimate of drug-likeness (QED) is 0.848. The molecule has 6 nitrogen and oxygen atoms in total. The van der Waals surface area contributed by atoms with Gasteiger partial charge in [0.05, 0.1) is 0 Å². The van der Waals surface area contributed by atoms with Gasteiger partial charge in [0.25, 0.3) is 0 Å². The van der Waals surface area contributed by atoms with Crippen molar-refractivity contribution in [2.45, 2.75) is 17.1 Å². The summed E-state index contributed by atoms with van der Waals surface area (Å²) in [6, 6.07) is 2.65. The van der Waals surface area contributed by atoms with Crippen molar-refractivity contribution in [1.29, 1.82) is 0 Å². The van der Waals surface area contributed by atoms with E-state index in [1.165, 1.54) is 12.1 Å². The summed E-state index contributed by atoms with van der Waals surface area (Å²) in [6.07, 6.45) is 1.95. The van der Waals surface area contributed by atoms with Gasteiger partial charge in [-0.25, -0.2) is 17.9 Å². The van der Waals surface area contributed by atoms with E-state index in [0.717, 1.165) is 37.3 Å².